The van der Waals surface area contributed by atoms with Crippen molar-refractivity contribution < 1.29 is 27.5 Å². The number of carboxylic acid groups (broad SMARTS) is 1. The highest BCUT2D eigenvalue weighted by molar-refractivity contribution is 6.31. The van der Waals surface area contributed by atoms with E-state index in [2.05, 4.69) is 24.1 Å². The highest BCUT2D eigenvalue weighted by Gasteiger charge is 2.38. The molecular formula is C15H19ClF4N2O2. The van der Waals surface area contributed by atoms with Crippen molar-refractivity contribution in [2.45, 2.75) is 38.7 Å². The average Bonchev–Trinajstić information content (AvgIpc) is 2.41. The number of piperazine rings is 1. The first kappa shape index (κ1) is 20.7. The lowest BCUT2D eigenvalue weighted by Gasteiger charge is -2.36. The third kappa shape index (κ3) is 6.62. The Bertz CT molecular complexity index is 539. The summed E-state index contributed by atoms with van der Waals surface area (Å²) in [7, 11) is 0. The molecule has 24 heavy (non-hydrogen) atoms. The second kappa shape index (κ2) is 8.64. The third-order valence-electron chi connectivity index (χ3n) is 3.32. The number of hydrogen-bond acceptors (Lipinski definition) is 3. The van der Waals surface area contributed by atoms with Crippen LogP contribution in [0.3, 0.4) is 0 Å². The number of rotatable bonds is 2. The summed E-state index contributed by atoms with van der Waals surface area (Å²) in [6.07, 6.45) is -5.08. The molecule has 1 heterocycles. The van der Waals surface area contributed by atoms with Crippen molar-refractivity contribution >= 4 is 17.6 Å². The van der Waals surface area contributed by atoms with Gasteiger partial charge in [0.05, 0.1) is 0 Å². The summed E-state index contributed by atoms with van der Waals surface area (Å²) in [4.78, 5) is 11.1. The molecule has 1 aliphatic heterocycles. The molecular weight excluding hydrogens is 352 g/mol. The predicted octanol–water partition coefficient (Wildman–Crippen LogP) is 3.29. The molecule has 0 aliphatic carbocycles. The minimum Gasteiger partial charge on any atom is -0.475 e. The van der Waals surface area contributed by atoms with E-state index in [0.717, 1.165) is 13.1 Å². The molecule has 2 unspecified atom stereocenters. The maximum absolute atomic E-state index is 13.7. The van der Waals surface area contributed by atoms with Gasteiger partial charge in [-0.3, -0.25) is 4.90 Å². The number of aliphatic carboxylic acids is 1. The molecule has 2 atom stereocenters. The Labute approximate surface area is 142 Å². The van der Waals surface area contributed by atoms with Crippen molar-refractivity contribution in [3.8, 4) is 0 Å². The Morgan fingerprint density at radius 3 is 2.25 bits per heavy atom. The molecule has 136 valence electrons. The van der Waals surface area contributed by atoms with Crippen molar-refractivity contribution in [1.82, 2.24) is 10.2 Å². The SMILES string of the molecule is CC1CN(Cc2c(F)cccc2Cl)CC(C)N1.O=C(O)C(F)(F)F. The monoisotopic (exact) mass is 370 g/mol. The van der Waals surface area contributed by atoms with Gasteiger partial charge < -0.3 is 10.4 Å². The zero-order valence-corrected chi connectivity index (χ0v) is 14.0. The summed E-state index contributed by atoms with van der Waals surface area (Å²) in [6.45, 7) is 6.73. The van der Waals surface area contributed by atoms with Crippen molar-refractivity contribution in [1.29, 1.82) is 0 Å². The van der Waals surface area contributed by atoms with Gasteiger partial charge >= 0.3 is 12.1 Å². The zero-order valence-electron chi connectivity index (χ0n) is 13.2. The lowest BCUT2D eigenvalue weighted by atomic mass is 10.1. The number of nitrogens with one attached hydrogen (secondary N) is 1. The van der Waals surface area contributed by atoms with Crippen molar-refractivity contribution in [3.63, 3.8) is 0 Å². The molecule has 1 aromatic rings. The Kier molecular flexibility index (Phi) is 7.44. The molecule has 0 radical (unpaired) electrons. The van der Waals surface area contributed by atoms with Gasteiger partial charge in [0.2, 0.25) is 0 Å². The van der Waals surface area contributed by atoms with Crippen LogP contribution < -0.4 is 5.32 Å². The lowest BCUT2D eigenvalue weighted by Crippen LogP contribution is -2.53. The summed E-state index contributed by atoms with van der Waals surface area (Å²) < 4.78 is 45.4. The van der Waals surface area contributed by atoms with Crippen molar-refractivity contribution in [3.05, 3.63) is 34.6 Å². The number of carboxylic acids is 1. The molecule has 2 rings (SSSR count). The molecule has 1 aliphatic rings. The first-order valence-electron chi connectivity index (χ1n) is 7.22. The topological polar surface area (TPSA) is 52.6 Å². The van der Waals surface area contributed by atoms with E-state index in [1.807, 2.05) is 0 Å². The van der Waals surface area contributed by atoms with Crippen LogP contribution in [0.4, 0.5) is 17.6 Å². The van der Waals surface area contributed by atoms with Gasteiger partial charge in [0.1, 0.15) is 5.82 Å². The maximum atomic E-state index is 13.7. The van der Waals surface area contributed by atoms with Crippen LogP contribution in [0.2, 0.25) is 5.02 Å². The minimum absolute atomic E-state index is 0.212. The van der Waals surface area contributed by atoms with Crippen LogP contribution in [0.1, 0.15) is 19.4 Å². The van der Waals surface area contributed by atoms with Gasteiger partial charge in [-0.05, 0) is 26.0 Å². The normalized spacial score (nSPS) is 21.8. The molecule has 1 saturated heterocycles. The van der Waals surface area contributed by atoms with Gasteiger partial charge in [0.25, 0.3) is 0 Å². The van der Waals surface area contributed by atoms with E-state index in [4.69, 9.17) is 21.5 Å². The Morgan fingerprint density at radius 1 is 1.33 bits per heavy atom. The smallest absolute Gasteiger partial charge is 0.475 e. The summed E-state index contributed by atoms with van der Waals surface area (Å²) in [5.74, 6) is -2.97. The van der Waals surface area contributed by atoms with Crippen LogP contribution in [0, 0.1) is 5.82 Å². The van der Waals surface area contributed by atoms with Crippen molar-refractivity contribution in [2.24, 2.45) is 0 Å². The summed E-state index contributed by atoms with van der Waals surface area (Å²) in [5.41, 5.74) is 0.607. The summed E-state index contributed by atoms with van der Waals surface area (Å²) >= 11 is 6.04. The molecule has 2 N–H and O–H groups in total. The van der Waals surface area contributed by atoms with Gasteiger partial charge in [-0.15, -0.1) is 0 Å². The highest BCUT2D eigenvalue weighted by Crippen LogP contribution is 2.21. The largest absolute Gasteiger partial charge is 0.490 e. The van der Waals surface area contributed by atoms with E-state index in [1.54, 1.807) is 12.1 Å². The summed E-state index contributed by atoms with van der Waals surface area (Å²) in [6, 6.07) is 5.73. The van der Waals surface area contributed by atoms with Gasteiger partial charge in [-0.2, -0.15) is 13.2 Å². The number of halogens is 5. The predicted molar refractivity (Wildman–Crippen MR) is 82.4 cm³/mol. The standard InChI is InChI=1S/C13H18ClFN2.C2HF3O2/c1-9-6-17(7-10(2)16-9)8-11-12(14)4-3-5-13(11)15;3-2(4,5)1(6)7/h3-5,9-10,16H,6-8H2,1-2H3;(H,6,7). The molecule has 0 aromatic heterocycles. The lowest BCUT2D eigenvalue weighted by molar-refractivity contribution is -0.192. The Hall–Kier alpha value is -1.38. The van der Waals surface area contributed by atoms with Crippen LogP contribution in [-0.4, -0.2) is 47.3 Å². The van der Waals surface area contributed by atoms with Crippen LogP contribution >= 0.6 is 11.6 Å². The number of carbonyl (C=O) groups is 1. The quantitative estimate of drug-likeness (QED) is 0.784. The molecule has 0 saturated carbocycles. The minimum atomic E-state index is -5.08. The fourth-order valence-electron chi connectivity index (χ4n) is 2.48. The summed E-state index contributed by atoms with van der Waals surface area (Å²) in [5, 5.41) is 11.1. The van der Waals surface area contributed by atoms with E-state index < -0.39 is 12.1 Å². The molecule has 0 spiro atoms. The van der Waals surface area contributed by atoms with E-state index in [-0.39, 0.29) is 5.82 Å². The van der Waals surface area contributed by atoms with E-state index >= 15 is 0 Å². The fraction of sp³-hybridized carbons (Fsp3) is 0.533. The second-order valence-electron chi connectivity index (χ2n) is 5.67. The number of nitrogens with zero attached hydrogens (tertiary/aromatic N) is 1. The molecule has 0 amide bonds. The second-order valence-corrected chi connectivity index (χ2v) is 6.07. The van der Waals surface area contributed by atoms with Crippen LogP contribution in [-0.2, 0) is 11.3 Å². The fourth-order valence-corrected chi connectivity index (χ4v) is 2.70. The number of benzene rings is 1. The molecule has 1 aromatic carbocycles. The van der Waals surface area contributed by atoms with Gasteiger partial charge in [-0.1, -0.05) is 17.7 Å². The van der Waals surface area contributed by atoms with Gasteiger partial charge in [0.15, 0.2) is 0 Å². The molecule has 4 nitrogen and oxygen atoms in total. The Balaban J connectivity index is 0.000000351. The average molecular weight is 371 g/mol. The first-order chi connectivity index (χ1) is 11.0. The van der Waals surface area contributed by atoms with E-state index in [1.165, 1.54) is 6.07 Å². The van der Waals surface area contributed by atoms with Crippen LogP contribution in [0.25, 0.3) is 0 Å². The van der Waals surface area contributed by atoms with Gasteiger partial charge in [-0.25, -0.2) is 9.18 Å². The third-order valence-corrected chi connectivity index (χ3v) is 3.67. The first-order valence-corrected chi connectivity index (χ1v) is 7.60. The molecule has 9 heteroatoms. The van der Waals surface area contributed by atoms with E-state index in [0.29, 0.717) is 29.2 Å². The highest BCUT2D eigenvalue weighted by atomic mass is 35.5. The van der Waals surface area contributed by atoms with Crippen LogP contribution in [0.15, 0.2) is 18.2 Å². The molecule has 0 bridgehead atoms. The maximum Gasteiger partial charge on any atom is 0.490 e. The van der Waals surface area contributed by atoms with Crippen molar-refractivity contribution in [2.75, 3.05) is 13.1 Å². The number of alkyl halides is 3. The zero-order chi connectivity index (χ0) is 18.5. The van der Waals surface area contributed by atoms with Crippen LogP contribution in [0.5, 0.6) is 0 Å². The van der Waals surface area contributed by atoms with Gasteiger partial charge in [0, 0.05) is 42.3 Å². The van der Waals surface area contributed by atoms with E-state index in [9.17, 15) is 17.6 Å². The Morgan fingerprint density at radius 2 is 1.83 bits per heavy atom. The molecule has 1 fully saturated rings. The number of hydrogen-bond donors (Lipinski definition) is 2.